The molecular weight excluding hydrogens is 300 g/mol. The molecule has 0 aromatic carbocycles. The van der Waals surface area contributed by atoms with Crippen LogP contribution in [0.2, 0.25) is 0 Å². The molecule has 4 aliphatic rings. The molecule has 4 rings (SSSR count). The summed E-state index contributed by atoms with van der Waals surface area (Å²) in [4.78, 5) is 24.0. The van der Waals surface area contributed by atoms with Crippen LogP contribution in [0.3, 0.4) is 0 Å². The molecule has 0 spiro atoms. The molecule has 0 aromatic rings. The van der Waals surface area contributed by atoms with E-state index < -0.39 is 5.60 Å². The number of fused-ring (bicyclic) bond motifs is 5. The normalized spacial score (nSPS) is 47.2. The molecule has 4 aliphatic carbocycles. The number of carbonyl (C=O) groups is 2. The summed E-state index contributed by atoms with van der Waals surface area (Å²) in [6.45, 7) is 5.82. The summed E-state index contributed by atoms with van der Waals surface area (Å²) in [6, 6.07) is 0. The molecule has 0 aliphatic heterocycles. The Balaban J connectivity index is 1.75. The average Bonchev–Trinajstić information content (AvgIpc) is 2.81. The number of ketones is 2. The highest BCUT2D eigenvalue weighted by Crippen LogP contribution is 2.64. The fourth-order valence-electron chi connectivity index (χ4n) is 6.57. The van der Waals surface area contributed by atoms with Gasteiger partial charge >= 0.3 is 0 Å². The fourth-order valence-corrected chi connectivity index (χ4v) is 6.57. The van der Waals surface area contributed by atoms with Crippen LogP contribution < -0.4 is 0 Å². The summed E-state index contributed by atoms with van der Waals surface area (Å²) in [7, 11) is 0. The van der Waals surface area contributed by atoms with Crippen LogP contribution in [0.5, 0.6) is 0 Å². The van der Waals surface area contributed by atoms with Gasteiger partial charge in [0.15, 0.2) is 11.6 Å². The molecule has 0 saturated heterocycles. The minimum absolute atomic E-state index is 0.0636. The maximum Gasteiger partial charge on any atom is 0.161 e. The Morgan fingerprint density at radius 1 is 1.25 bits per heavy atom. The van der Waals surface area contributed by atoms with Crippen LogP contribution >= 0.6 is 0 Å². The van der Waals surface area contributed by atoms with Gasteiger partial charge in [0.05, 0.1) is 0 Å². The highest BCUT2D eigenvalue weighted by atomic mass is 16.3. The molecule has 24 heavy (non-hydrogen) atoms. The van der Waals surface area contributed by atoms with Crippen molar-refractivity contribution in [2.24, 2.45) is 29.1 Å². The van der Waals surface area contributed by atoms with E-state index in [9.17, 15) is 14.7 Å². The minimum Gasteiger partial charge on any atom is -0.382 e. The van der Waals surface area contributed by atoms with Gasteiger partial charge in [-0.1, -0.05) is 18.6 Å². The molecule has 6 atom stereocenters. The predicted molar refractivity (Wildman–Crippen MR) is 92.2 cm³/mol. The highest BCUT2D eigenvalue weighted by molar-refractivity contribution is 5.92. The zero-order chi connectivity index (χ0) is 17.3. The molecule has 1 N–H and O–H groups in total. The maximum absolute atomic E-state index is 12.2. The number of Topliss-reactive ketones (excluding diaryl/α,β-unsaturated/α-hetero) is 1. The first-order chi connectivity index (χ1) is 11.3. The van der Waals surface area contributed by atoms with Gasteiger partial charge in [0.1, 0.15) is 5.60 Å². The summed E-state index contributed by atoms with van der Waals surface area (Å²) < 4.78 is 0. The highest BCUT2D eigenvalue weighted by Gasteiger charge is 2.63. The molecule has 0 heterocycles. The molecule has 0 unspecified atom stereocenters. The lowest BCUT2D eigenvalue weighted by atomic mass is 9.51. The summed E-state index contributed by atoms with van der Waals surface area (Å²) in [5.74, 6) is 2.08. The largest absolute Gasteiger partial charge is 0.382 e. The molecule has 130 valence electrons. The number of hydrogen-bond donors (Lipinski definition) is 1. The van der Waals surface area contributed by atoms with Crippen LogP contribution in [0.1, 0.15) is 59.3 Å². The van der Waals surface area contributed by atoms with Gasteiger partial charge in [0.2, 0.25) is 0 Å². The topological polar surface area (TPSA) is 54.4 Å². The molecule has 2 saturated carbocycles. The van der Waals surface area contributed by atoms with Crippen molar-refractivity contribution in [1.82, 2.24) is 0 Å². The smallest absolute Gasteiger partial charge is 0.161 e. The van der Waals surface area contributed by atoms with Gasteiger partial charge in [-0.15, -0.1) is 0 Å². The Labute approximate surface area is 144 Å². The van der Waals surface area contributed by atoms with Crippen molar-refractivity contribution in [3.63, 3.8) is 0 Å². The Kier molecular flexibility index (Phi) is 3.48. The molecule has 2 fully saturated rings. The van der Waals surface area contributed by atoms with Gasteiger partial charge in [0, 0.05) is 11.8 Å². The zero-order valence-corrected chi connectivity index (χ0v) is 15.0. The van der Waals surface area contributed by atoms with Gasteiger partial charge in [-0.05, 0) is 81.3 Å². The van der Waals surface area contributed by atoms with E-state index in [2.05, 4.69) is 19.9 Å². The predicted octanol–water partition coefficient (Wildman–Crippen LogP) is 3.61. The lowest BCUT2D eigenvalue weighted by Crippen LogP contribution is -2.55. The zero-order valence-electron chi connectivity index (χ0n) is 15.0. The second-order valence-electron chi connectivity index (χ2n) is 8.82. The van der Waals surface area contributed by atoms with Crippen LogP contribution in [0.15, 0.2) is 23.3 Å². The van der Waals surface area contributed by atoms with Gasteiger partial charge in [0.25, 0.3) is 0 Å². The van der Waals surface area contributed by atoms with E-state index >= 15 is 0 Å². The first-order valence-electron chi connectivity index (χ1n) is 9.44. The second kappa shape index (κ2) is 5.14. The van der Waals surface area contributed by atoms with Gasteiger partial charge in [-0.25, -0.2) is 0 Å². The molecule has 0 radical (unpaired) electrons. The van der Waals surface area contributed by atoms with Crippen molar-refractivity contribution >= 4 is 11.6 Å². The Morgan fingerprint density at radius 3 is 2.71 bits per heavy atom. The molecular formula is C21H28O3. The summed E-state index contributed by atoms with van der Waals surface area (Å²) in [6.07, 6.45) is 9.38. The number of carbonyl (C=O) groups excluding carboxylic acids is 2. The fraction of sp³-hybridized carbons (Fsp3) is 0.714. The number of allylic oxidation sites excluding steroid dienone is 4. The minimum atomic E-state index is -1.15. The maximum atomic E-state index is 12.2. The Morgan fingerprint density at radius 2 is 2.00 bits per heavy atom. The van der Waals surface area contributed by atoms with Crippen molar-refractivity contribution in [2.75, 3.05) is 0 Å². The van der Waals surface area contributed by atoms with E-state index in [1.165, 1.54) is 11.1 Å². The first kappa shape index (κ1) is 16.3. The number of rotatable bonds is 1. The van der Waals surface area contributed by atoms with Crippen LogP contribution in [-0.4, -0.2) is 22.3 Å². The third kappa shape index (κ3) is 1.94. The molecule has 0 bridgehead atoms. The van der Waals surface area contributed by atoms with E-state index in [1.54, 1.807) is 6.92 Å². The van der Waals surface area contributed by atoms with Crippen LogP contribution in [-0.2, 0) is 9.59 Å². The summed E-state index contributed by atoms with van der Waals surface area (Å²) in [5, 5.41) is 11.1. The van der Waals surface area contributed by atoms with E-state index in [4.69, 9.17) is 0 Å². The molecule has 0 amide bonds. The van der Waals surface area contributed by atoms with Crippen LogP contribution in [0.4, 0.5) is 0 Å². The Hall–Kier alpha value is -1.22. The van der Waals surface area contributed by atoms with Gasteiger partial charge in [-0.3, -0.25) is 9.59 Å². The third-order valence-electron chi connectivity index (χ3n) is 7.95. The average molecular weight is 328 g/mol. The standard InChI is InChI=1S/C21H28O3/c1-12-10-18-16(15-5-4-14(23)11-17(12)15)6-8-20(3)19(18)7-9-21(20,24)13(2)22/h10-11,15-16,18-19,24H,4-9H2,1-3H3/t15-,16-,18-,19-,20+,21+/m1/s1. The lowest BCUT2D eigenvalue weighted by molar-refractivity contribution is -0.155. The van der Waals surface area contributed by atoms with E-state index in [1.807, 2.05) is 6.08 Å². The SMILES string of the molecule is CC(=O)[C@@]1(O)CC[C@@H]2[C@@H]3C=C(C)C4=CC(=O)CC[C@@H]4[C@H]3CC[C@@]21C. The van der Waals surface area contributed by atoms with Gasteiger partial charge < -0.3 is 5.11 Å². The van der Waals surface area contributed by atoms with Crippen LogP contribution in [0, 0.1) is 29.1 Å². The van der Waals surface area contributed by atoms with E-state index in [0.29, 0.717) is 36.5 Å². The van der Waals surface area contributed by atoms with E-state index in [-0.39, 0.29) is 17.0 Å². The second-order valence-corrected chi connectivity index (χ2v) is 8.82. The third-order valence-corrected chi connectivity index (χ3v) is 7.95. The lowest BCUT2D eigenvalue weighted by Gasteiger charge is -2.54. The van der Waals surface area contributed by atoms with Crippen molar-refractivity contribution in [2.45, 2.75) is 64.9 Å². The number of hydrogen-bond acceptors (Lipinski definition) is 3. The molecule has 0 aromatic heterocycles. The number of aliphatic hydroxyl groups is 1. The quantitative estimate of drug-likeness (QED) is 0.800. The molecule has 3 nitrogen and oxygen atoms in total. The first-order valence-corrected chi connectivity index (χ1v) is 9.44. The van der Waals surface area contributed by atoms with Crippen LogP contribution in [0.25, 0.3) is 0 Å². The summed E-state index contributed by atoms with van der Waals surface area (Å²) in [5.41, 5.74) is 1.05. The summed E-state index contributed by atoms with van der Waals surface area (Å²) >= 11 is 0. The van der Waals surface area contributed by atoms with E-state index in [0.717, 1.165) is 25.7 Å². The monoisotopic (exact) mass is 328 g/mol. The van der Waals surface area contributed by atoms with Crippen molar-refractivity contribution in [3.05, 3.63) is 23.3 Å². The Bertz CT molecular complexity index is 673. The van der Waals surface area contributed by atoms with Crippen molar-refractivity contribution in [1.29, 1.82) is 0 Å². The van der Waals surface area contributed by atoms with Gasteiger partial charge in [-0.2, -0.15) is 0 Å². The van der Waals surface area contributed by atoms with Crippen molar-refractivity contribution in [3.8, 4) is 0 Å². The van der Waals surface area contributed by atoms with Crippen molar-refractivity contribution < 1.29 is 14.7 Å². The molecule has 3 heteroatoms.